The van der Waals surface area contributed by atoms with Gasteiger partial charge in [-0.2, -0.15) is 5.26 Å². The molecule has 1 aliphatic carbocycles. The van der Waals surface area contributed by atoms with E-state index in [1.807, 2.05) is 0 Å². The molecule has 1 nitrogen and oxygen atoms in total. The van der Waals surface area contributed by atoms with Crippen LogP contribution in [0.5, 0.6) is 0 Å². The van der Waals surface area contributed by atoms with Gasteiger partial charge < -0.3 is 0 Å². The third-order valence-corrected chi connectivity index (χ3v) is 3.41. The van der Waals surface area contributed by atoms with Crippen LogP contribution in [0.1, 0.15) is 42.7 Å². The Morgan fingerprint density at radius 3 is 2.67 bits per heavy atom. The predicted molar refractivity (Wildman–Crippen MR) is 61.5 cm³/mol. The van der Waals surface area contributed by atoms with E-state index in [0.29, 0.717) is 5.92 Å². The van der Waals surface area contributed by atoms with E-state index in [-0.39, 0.29) is 5.92 Å². The van der Waals surface area contributed by atoms with Crippen molar-refractivity contribution in [3.8, 4) is 6.07 Å². The van der Waals surface area contributed by atoms with E-state index in [1.54, 1.807) is 0 Å². The third kappa shape index (κ3) is 2.21. The van der Waals surface area contributed by atoms with Crippen LogP contribution in [0.4, 0.5) is 0 Å². The van der Waals surface area contributed by atoms with Gasteiger partial charge in [-0.1, -0.05) is 42.7 Å². The number of hydrogen-bond donors (Lipinski definition) is 0. The second-order valence-electron chi connectivity index (χ2n) is 4.57. The topological polar surface area (TPSA) is 23.8 Å². The molecule has 78 valence electrons. The summed E-state index contributed by atoms with van der Waals surface area (Å²) >= 11 is 0. The molecular weight excluding hydrogens is 182 g/mol. The van der Waals surface area contributed by atoms with E-state index >= 15 is 0 Å². The van der Waals surface area contributed by atoms with Crippen LogP contribution >= 0.6 is 0 Å². The molecule has 0 spiro atoms. The monoisotopic (exact) mass is 199 g/mol. The molecule has 1 aliphatic rings. The highest BCUT2D eigenvalue weighted by molar-refractivity contribution is 5.30. The van der Waals surface area contributed by atoms with Gasteiger partial charge in [-0.3, -0.25) is 0 Å². The van der Waals surface area contributed by atoms with Gasteiger partial charge in [0.25, 0.3) is 0 Å². The highest BCUT2D eigenvalue weighted by atomic mass is 14.3. The van der Waals surface area contributed by atoms with Crippen LogP contribution in [0, 0.1) is 24.2 Å². The minimum atomic E-state index is 0.118. The Morgan fingerprint density at radius 1 is 1.33 bits per heavy atom. The fourth-order valence-corrected chi connectivity index (χ4v) is 2.61. The van der Waals surface area contributed by atoms with Gasteiger partial charge in [0.1, 0.15) is 0 Å². The van der Waals surface area contributed by atoms with E-state index in [0.717, 1.165) is 0 Å². The minimum Gasteiger partial charge on any atom is -0.198 e. The Labute approximate surface area is 91.7 Å². The Balaban J connectivity index is 2.23. The average molecular weight is 199 g/mol. The van der Waals surface area contributed by atoms with E-state index in [9.17, 15) is 5.26 Å². The van der Waals surface area contributed by atoms with Crippen molar-refractivity contribution in [1.82, 2.24) is 0 Å². The van der Waals surface area contributed by atoms with Crippen molar-refractivity contribution in [3.05, 3.63) is 35.4 Å². The summed E-state index contributed by atoms with van der Waals surface area (Å²) in [6.07, 6.45) is 5.06. The maximum atomic E-state index is 9.28. The van der Waals surface area contributed by atoms with Crippen LogP contribution in [0.15, 0.2) is 24.3 Å². The highest BCUT2D eigenvalue weighted by Crippen LogP contribution is 2.36. The number of nitriles is 1. The molecule has 0 saturated heterocycles. The summed E-state index contributed by atoms with van der Waals surface area (Å²) in [6, 6.07) is 10.9. The molecular formula is C14H17N. The summed E-state index contributed by atoms with van der Waals surface area (Å²) in [5, 5.41) is 9.28. The van der Waals surface area contributed by atoms with Gasteiger partial charge in [0.15, 0.2) is 0 Å². The number of benzene rings is 1. The smallest absolute Gasteiger partial charge is 0.0741 e. The molecule has 0 radical (unpaired) electrons. The van der Waals surface area contributed by atoms with Gasteiger partial charge in [0.05, 0.1) is 12.0 Å². The Morgan fingerprint density at radius 2 is 2.07 bits per heavy atom. The largest absolute Gasteiger partial charge is 0.198 e. The summed E-state index contributed by atoms with van der Waals surface area (Å²) < 4.78 is 0. The molecule has 15 heavy (non-hydrogen) atoms. The SMILES string of the molecule is Cc1cccc(C(C#N)C2CCCC2)c1. The molecule has 0 aromatic heterocycles. The molecule has 0 amide bonds. The second kappa shape index (κ2) is 4.49. The van der Waals surface area contributed by atoms with E-state index in [2.05, 4.69) is 37.3 Å². The standard InChI is InChI=1S/C14H17N/c1-11-5-4-8-13(9-11)14(10-15)12-6-2-3-7-12/h4-5,8-9,12,14H,2-3,6-7H2,1H3. The average Bonchev–Trinajstić information content (AvgIpc) is 2.72. The zero-order chi connectivity index (χ0) is 10.7. The Hall–Kier alpha value is -1.29. The fourth-order valence-electron chi connectivity index (χ4n) is 2.61. The summed E-state index contributed by atoms with van der Waals surface area (Å²) in [6.45, 7) is 2.09. The molecule has 1 heteroatoms. The molecule has 1 aromatic carbocycles. The van der Waals surface area contributed by atoms with Gasteiger partial charge in [0, 0.05) is 0 Å². The molecule has 1 fully saturated rings. The van der Waals surface area contributed by atoms with Crippen LogP contribution < -0.4 is 0 Å². The Kier molecular flexibility index (Phi) is 3.06. The second-order valence-corrected chi connectivity index (χ2v) is 4.57. The van der Waals surface area contributed by atoms with Gasteiger partial charge in [-0.05, 0) is 31.2 Å². The molecule has 1 aromatic rings. The van der Waals surface area contributed by atoms with Crippen LogP contribution in [0.2, 0.25) is 0 Å². The van der Waals surface area contributed by atoms with Crippen LogP contribution in [0.3, 0.4) is 0 Å². The van der Waals surface area contributed by atoms with Crippen LogP contribution in [-0.2, 0) is 0 Å². The quantitative estimate of drug-likeness (QED) is 0.710. The number of nitrogens with zero attached hydrogens (tertiary/aromatic N) is 1. The predicted octanol–water partition coefficient (Wildman–Crippen LogP) is 3.79. The first kappa shape index (κ1) is 10.2. The van der Waals surface area contributed by atoms with Gasteiger partial charge in [-0.15, -0.1) is 0 Å². The van der Waals surface area contributed by atoms with Gasteiger partial charge in [0.2, 0.25) is 0 Å². The molecule has 0 aliphatic heterocycles. The highest BCUT2D eigenvalue weighted by Gasteiger charge is 2.25. The van der Waals surface area contributed by atoms with E-state index in [4.69, 9.17) is 0 Å². The first-order chi connectivity index (χ1) is 7.31. The zero-order valence-corrected chi connectivity index (χ0v) is 9.24. The maximum Gasteiger partial charge on any atom is 0.0741 e. The van der Waals surface area contributed by atoms with Crippen LogP contribution in [0.25, 0.3) is 0 Å². The fraction of sp³-hybridized carbons (Fsp3) is 0.500. The maximum absolute atomic E-state index is 9.28. The first-order valence-electron chi connectivity index (χ1n) is 5.77. The number of rotatable bonds is 2. The minimum absolute atomic E-state index is 0.118. The molecule has 0 heterocycles. The summed E-state index contributed by atoms with van der Waals surface area (Å²) in [5.41, 5.74) is 2.47. The summed E-state index contributed by atoms with van der Waals surface area (Å²) in [7, 11) is 0. The molecule has 0 N–H and O–H groups in total. The van der Waals surface area contributed by atoms with Crippen molar-refractivity contribution in [1.29, 1.82) is 5.26 Å². The van der Waals surface area contributed by atoms with Crippen molar-refractivity contribution >= 4 is 0 Å². The first-order valence-corrected chi connectivity index (χ1v) is 5.77. The lowest BCUT2D eigenvalue weighted by molar-refractivity contribution is 0.501. The lowest BCUT2D eigenvalue weighted by Gasteiger charge is -2.16. The van der Waals surface area contributed by atoms with Crippen molar-refractivity contribution in [2.45, 2.75) is 38.5 Å². The molecule has 1 atom stereocenters. The summed E-state index contributed by atoms with van der Waals surface area (Å²) in [5.74, 6) is 0.712. The number of hydrogen-bond acceptors (Lipinski definition) is 1. The van der Waals surface area contributed by atoms with Crippen molar-refractivity contribution < 1.29 is 0 Å². The van der Waals surface area contributed by atoms with Crippen LogP contribution in [-0.4, -0.2) is 0 Å². The van der Waals surface area contributed by atoms with E-state index in [1.165, 1.54) is 36.8 Å². The zero-order valence-electron chi connectivity index (χ0n) is 9.24. The number of aryl methyl sites for hydroxylation is 1. The molecule has 1 saturated carbocycles. The Bertz CT molecular complexity index is 369. The van der Waals surface area contributed by atoms with Gasteiger partial charge >= 0.3 is 0 Å². The van der Waals surface area contributed by atoms with Gasteiger partial charge in [-0.25, -0.2) is 0 Å². The normalized spacial score (nSPS) is 18.7. The van der Waals surface area contributed by atoms with Crippen molar-refractivity contribution in [3.63, 3.8) is 0 Å². The van der Waals surface area contributed by atoms with E-state index < -0.39 is 0 Å². The lowest BCUT2D eigenvalue weighted by atomic mass is 9.85. The molecule has 0 bridgehead atoms. The van der Waals surface area contributed by atoms with Crippen molar-refractivity contribution in [2.24, 2.45) is 5.92 Å². The lowest BCUT2D eigenvalue weighted by Crippen LogP contribution is -2.07. The molecule has 1 unspecified atom stereocenters. The third-order valence-electron chi connectivity index (χ3n) is 3.41. The van der Waals surface area contributed by atoms with Crippen molar-refractivity contribution in [2.75, 3.05) is 0 Å². The summed E-state index contributed by atoms with van der Waals surface area (Å²) in [4.78, 5) is 0. The molecule has 2 rings (SSSR count).